The van der Waals surface area contributed by atoms with Gasteiger partial charge in [0.15, 0.2) is 12.2 Å². The van der Waals surface area contributed by atoms with E-state index < -0.39 is 24.1 Å². The molecular formula is C23H31N3O5. The lowest BCUT2D eigenvalue weighted by molar-refractivity contribution is -0.138. The molecule has 2 aliphatic heterocycles. The number of carbonyl (C=O) groups excluding carboxylic acids is 2. The Morgan fingerprint density at radius 1 is 1.16 bits per heavy atom. The molecule has 2 saturated heterocycles. The SMILES string of the molecule is CC(CCNC(=O)C1OC1C(=O)O)CC(=O)N1CCN(CC=Cc2ccccc2)CC1. The molecular weight excluding hydrogens is 398 g/mol. The maximum atomic E-state index is 12.6. The normalized spacial score (nSPS) is 22.3. The highest BCUT2D eigenvalue weighted by molar-refractivity contribution is 5.92. The first-order valence-corrected chi connectivity index (χ1v) is 10.8. The van der Waals surface area contributed by atoms with Crippen LogP contribution in [0.4, 0.5) is 0 Å². The fraction of sp³-hybridized carbons (Fsp3) is 0.522. The molecule has 3 rings (SSSR count). The number of piperazine rings is 1. The highest BCUT2D eigenvalue weighted by Gasteiger charge is 2.50. The molecule has 2 amide bonds. The quantitative estimate of drug-likeness (QED) is 0.543. The van der Waals surface area contributed by atoms with Gasteiger partial charge < -0.3 is 20.1 Å². The second-order valence-electron chi connectivity index (χ2n) is 8.20. The standard InChI is InChI=1S/C23H31N3O5/c1-17(9-10-24-22(28)20-21(31-20)23(29)30)16-19(27)26-14-12-25(13-15-26)11-5-8-18-6-3-2-4-7-18/h2-8,17,20-21H,9-16H2,1H3,(H,24,28)(H,29,30). The van der Waals surface area contributed by atoms with Crippen molar-refractivity contribution >= 4 is 23.9 Å². The number of carbonyl (C=O) groups is 3. The number of aliphatic carboxylic acids is 1. The Morgan fingerprint density at radius 3 is 2.52 bits per heavy atom. The molecule has 0 aromatic heterocycles. The molecule has 3 unspecified atom stereocenters. The van der Waals surface area contributed by atoms with E-state index in [0.717, 1.165) is 32.7 Å². The fourth-order valence-corrected chi connectivity index (χ4v) is 3.65. The van der Waals surface area contributed by atoms with Gasteiger partial charge in [0, 0.05) is 45.7 Å². The van der Waals surface area contributed by atoms with Crippen molar-refractivity contribution in [2.45, 2.75) is 32.0 Å². The Morgan fingerprint density at radius 2 is 1.87 bits per heavy atom. The second-order valence-corrected chi connectivity index (χ2v) is 8.20. The predicted molar refractivity (Wildman–Crippen MR) is 116 cm³/mol. The first-order chi connectivity index (χ1) is 14.9. The number of amides is 2. The molecule has 2 heterocycles. The van der Waals surface area contributed by atoms with Crippen LogP contribution in [-0.2, 0) is 19.1 Å². The van der Waals surface area contributed by atoms with E-state index >= 15 is 0 Å². The number of benzene rings is 1. The maximum Gasteiger partial charge on any atom is 0.336 e. The fourth-order valence-electron chi connectivity index (χ4n) is 3.65. The van der Waals surface area contributed by atoms with Gasteiger partial charge >= 0.3 is 5.97 Å². The van der Waals surface area contributed by atoms with E-state index in [9.17, 15) is 14.4 Å². The van der Waals surface area contributed by atoms with Crippen molar-refractivity contribution in [2.24, 2.45) is 5.92 Å². The van der Waals surface area contributed by atoms with Crippen LogP contribution in [0.3, 0.4) is 0 Å². The van der Waals surface area contributed by atoms with Gasteiger partial charge in [0.25, 0.3) is 5.91 Å². The molecule has 2 N–H and O–H groups in total. The summed E-state index contributed by atoms with van der Waals surface area (Å²) in [5.74, 6) is -1.24. The summed E-state index contributed by atoms with van der Waals surface area (Å²) in [5, 5.41) is 11.4. The Labute approximate surface area is 182 Å². The summed E-state index contributed by atoms with van der Waals surface area (Å²) >= 11 is 0. The van der Waals surface area contributed by atoms with Gasteiger partial charge in [-0.1, -0.05) is 49.4 Å². The van der Waals surface area contributed by atoms with Crippen LogP contribution in [0.15, 0.2) is 36.4 Å². The lowest BCUT2D eigenvalue weighted by Crippen LogP contribution is -2.48. The number of nitrogens with zero attached hydrogens (tertiary/aromatic N) is 2. The summed E-state index contributed by atoms with van der Waals surface area (Å²) in [6.07, 6.45) is 3.48. The van der Waals surface area contributed by atoms with Gasteiger partial charge in [-0.2, -0.15) is 0 Å². The summed E-state index contributed by atoms with van der Waals surface area (Å²) < 4.78 is 4.82. The van der Waals surface area contributed by atoms with Crippen LogP contribution in [-0.4, -0.2) is 84.2 Å². The number of epoxide rings is 1. The monoisotopic (exact) mass is 429 g/mol. The van der Waals surface area contributed by atoms with Crippen LogP contribution in [0.25, 0.3) is 6.08 Å². The highest BCUT2D eigenvalue weighted by atomic mass is 16.6. The zero-order chi connectivity index (χ0) is 22.2. The van der Waals surface area contributed by atoms with E-state index in [4.69, 9.17) is 9.84 Å². The van der Waals surface area contributed by atoms with E-state index in [1.54, 1.807) is 0 Å². The zero-order valence-corrected chi connectivity index (χ0v) is 17.9. The number of carboxylic acids is 1. The van der Waals surface area contributed by atoms with Gasteiger partial charge in [-0.25, -0.2) is 4.79 Å². The zero-order valence-electron chi connectivity index (χ0n) is 17.9. The summed E-state index contributed by atoms with van der Waals surface area (Å²) in [7, 11) is 0. The van der Waals surface area contributed by atoms with Crippen molar-refractivity contribution in [3.05, 3.63) is 42.0 Å². The van der Waals surface area contributed by atoms with E-state index in [1.165, 1.54) is 5.56 Å². The number of hydrogen-bond donors (Lipinski definition) is 2. The molecule has 1 aromatic carbocycles. The average molecular weight is 430 g/mol. The number of nitrogens with one attached hydrogen (secondary N) is 1. The van der Waals surface area contributed by atoms with Crippen LogP contribution in [0.1, 0.15) is 25.3 Å². The van der Waals surface area contributed by atoms with E-state index in [0.29, 0.717) is 19.4 Å². The molecule has 168 valence electrons. The molecule has 0 bridgehead atoms. The summed E-state index contributed by atoms with van der Waals surface area (Å²) in [6, 6.07) is 10.2. The molecule has 8 nitrogen and oxygen atoms in total. The van der Waals surface area contributed by atoms with Crippen molar-refractivity contribution < 1.29 is 24.2 Å². The van der Waals surface area contributed by atoms with Crippen LogP contribution < -0.4 is 5.32 Å². The minimum Gasteiger partial charge on any atom is -0.479 e. The molecule has 1 aromatic rings. The lowest BCUT2D eigenvalue weighted by Gasteiger charge is -2.34. The highest BCUT2D eigenvalue weighted by Crippen LogP contribution is 2.22. The van der Waals surface area contributed by atoms with Crippen LogP contribution in [0.2, 0.25) is 0 Å². The Hall–Kier alpha value is -2.71. The third kappa shape index (κ3) is 7.18. The van der Waals surface area contributed by atoms with E-state index in [-0.39, 0.29) is 11.8 Å². The molecule has 2 aliphatic rings. The molecule has 31 heavy (non-hydrogen) atoms. The summed E-state index contributed by atoms with van der Waals surface area (Å²) in [6.45, 7) is 6.46. The minimum atomic E-state index is -1.12. The second kappa shape index (κ2) is 11.1. The van der Waals surface area contributed by atoms with Crippen LogP contribution in [0.5, 0.6) is 0 Å². The van der Waals surface area contributed by atoms with Crippen molar-refractivity contribution in [1.29, 1.82) is 0 Å². The van der Waals surface area contributed by atoms with Gasteiger partial charge in [0.1, 0.15) is 0 Å². The van der Waals surface area contributed by atoms with Gasteiger partial charge in [-0.15, -0.1) is 0 Å². The van der Waals surface area contributed by atoms with E-state index in [2.05, 4.69) is 34.5 Å². The molecule has 2 fully saturated rings. The molecule has 0 radical (unpaired) electrons. The van der Waals surface area contributed by atoms with Gasteiger partial charge in [0.05, 0.1) is 0 Å². The molecule has 0 spiro atoms. The number of hydrogen-bond acceptors (Lipinski definition) is 5. The Kier molecular flexibility index (Phi) is 8.20. The minimum absolute atomic E-state index is 0.134. The average Bonchev–Trinajstić information content (AvgIpc) is 3.56. The largest absolute Gasteiger partial charge is 0.479 e. The van der Waals surface area contributed by atoms with Gasteiger partial charge in [-0.3, -0.25) is 14.5 Å². The Balaban J connectivity index is 1.28. The van der Waals surface area contributed by atoms with Crippen LogP contribution in [0, 0.1) is 5.92 Å². The number of carboxylic acid groups (broad SMARTS) is 1. The summed E-state index contributed by atoms with van der Waals surface area (Å²) in [5.41, 5.74) is 1.19. The van der Waals surface area contributed by atoms with Crippen molar-refractivity contribution in [3.63, 3.8) is 0 Å². The molecule has 8 heteroatoms. The van der Waals surface area contributed by atoms with Gasteiger partial charge in [0.2, 0.25) is 5.91 Å². The van der Waals surface area contributed by atoms with Crippen LogP contribution >= 0.6 is 0 Å². The van der Waals surface area contributed by atoms with Crippen molar-refractivity contribution in [2.75, 3.05) is 39.3 Å². The third-order valence-electron chi connectivity index (χ3n) is 5.65. The Bertz CT molecular complexity index is 790. The predicted octanol–water partition coefficient (Wildman–Crippen LogP) is 1.23. The van der Waals surface area contributed by atoms with Crippen molar-refractivity contribution in [1.82, 2.24) is 15.1 Å². The first kappa shape index (κ1) is 23.0. The molecule has 3 atom stereocenters. The van der Waals surface area contributed by atoms with E-state index in [1.807, 2.05) is 30.0 Å². The summed E-state index contributed by atoms with van der Waals surface area (Å²) in [4.78, 5) is 39.3. The maximum absolute atomic E-state index is 12.6. The molecule has 0 aliphatic carbocycles. The number of ether oxygens (including phenoxy) is 1. The third-order valence-corrected chi connectivity index (χ3v) is 5.65. The smallest absolute Gasteiger partial charge is 0.336 e. The van der Waals surface area contributed by atoms with Gasteiger partial charge in [-0.05, 0) is 17.9 Å². The van der Waals surface area contributed by atoms with Crippen molar-refractivity contribution in [3.8, 4) is 0 Å². The number of rotatable bonds is 10. The molecule has 0 saturated carbocycles. The topological polar surface area (TPSA) is 102 Å². The lowest BCUT2D eigenvalue weighted by atomic mass is 10.0. The first-order valence-electron chi connectivity index (χ1n) is 10.8.